The average molecular weight is 251 g/mol. The Morgan fingerprint density at radius 2 is 1.94 bits per heavy atom. The van der Waals surface area contributed by atoms with Crippen molar-refractivity contribution >= 4 is 11.6 Å². The molecule has 2 N–H and O–H groups in total. The summed E-state index contributed by atoms with van der Waals surface area (Å²) >= 11 is 0. The molecule has 0 spiro atoms. The van der Waals surface area contributed by atoms with Crippen LogP contribution in [0.25, 0.3) is 0 Å². The summed E-state index contributed by atoms with van der Waals surface area (Å²) in [6.07, 6.45) is 0.854. The number of non-ortho nitro benzene ring substituents is 1. The lowest BCUT2D eigenvalue weighted by atomic mass is 10.2. The quantitative estimate of drug-likeness (QED) is 0.435. The molecule has 1 amide bonds. The van der Waals surface area contributed by atoms with Crippen molar-refractivity contribution in [2.45, 2.75) is 13.3 Å². The fourth-order valence-electron chi connectivity index (χ4n) is 1.43. The monoisotopic (exact) mass is 251 g/mol. The van der Waals surface area contributed by atoms with Crippen LogP contribution in [0, 0.1) is 10.1 Å². The Morgan fingerprint density at radius 1 is 1.28 bits per heavy atom. The predicted molar refractivity (Wildman–Crippen MR) is 68.6 cm³/mol. The molecule has 1 rings (SSSR count). The standard InChI is InChI=1S/C12H17N3O3/c1-2-13-8-3-9-14-12(16)10-4-6-11(7-5-10)15(17)18/h4-7,13H,2-3,8-9H2,1H3,(H,14,16). The van der Waals surface area contributed by atoms with Crippen molar-refractivity contribution in [3.05, 3.63) is 39.9 Å². The van der Waals surface area contributed by atoms with Gasteiger partial charge in [0.25, 0.3) is 11.6 Å². The largest absolute Gasteiger partial charge is 0.352 e. The molecule has 0 aliphatic carbocycles. The van der Waals surface area contributed by atoms with Crippen molar-refractivity contribution < 1.29 is 9.72 Å². The van der Waals surface area contributed by atoms with Crippen LogP contribution in [0.4, 0.5) is 5.69 Å². The van der Waals surface area contributed by atoms with E-state index in [0.717, 1.165) is 19.5 Å². The van der Waals surface area contributed by atoms with E-state index in [1.165, 1.54) is 24.3 Å². The van der Waals surface area contributed by atoms with Crippen molar-refractivity contribution in [3.8, 4) is 0 Å². The Balaban J connectivity index is 2.39. The van der Waals surface area contributed by atoms with Crippen LogP contribution < -0.4 is 10.6 Å². The molecule has 98 valence electrons. The summed E-state index contributed by atoms with van der Waals surface area (Å²) in [7, 11) is 0. The summed E-state index contributed by atoms with van der Waals surface area (Å²) < 4.78 is 0. The predicted octanol–water partition coefficient (Wildman–Crippen LogP) is 1.32. The highest BCUT2D eigenvalue weighted by atomic mass is 16.6. The minimum absolute atomic E-state index is 0.0151. The van der Waals surface area contributed by atoms with Crippen LogP contribution in [0.3, 0.4) is 0 Å². The molecule has 0 aromatic heterocycles. The zero-order valence-electron chi connectivity index (χ0n) is 10.3. The van der Waals surface area contributed by atoms with Gasteiger partial charge in [-0.25, -0.2) is 0 Å². The van der Waals surface area contributed by atoms with E-state index in [4.69, 9.17) is 0 Å². The number of nitrogens with one attached hydrogen (secondary N) is 2. The zero-order chi connectivity index (χ0) is 13.4. The minimum Gasteiger partial charge on any atom is -0.352 e. The third-order valence-electron chi connectivity index (χ3n) is 2.41. The molecule has 0 fully saturated rings. The van der Waals surface area contributed by atoms with Crippen molar-refractivity contribution in [2.24, 2.45) is 0 Å². The van der Waals surface area contributed by atoms with Crippen molar-refractivity contribution in [1.82, 2.24) is 10.6 Å². The van der Waals surface area contributed by atoms with Gasteiger partial charge in [0.05, 0.1) is 4.92 Å². The number of carbonyl (C=O) groups excluding carboxylic acids is 1. The number of rotatable bonds is 7. The van der Waals surface area contributed by atoms with Crippen molar-refractivity contribution in [1.29, 1.82) is 0 Å². The second-order valence-electron chi connectivity index (χ2n) is 3.77. The molecule has 6 heteroatoms. The summed E-state index contributed by atoms with van der Waals surface area (Å²) in [5.74, 6) is -0.207. The van der Waals surface area contributed by atoms with E-state index in [1.807, 2.05) is 6.92 Å². The number of hydrogen-bond acceptors (Lipinski definition) is 4. The number of nitro groups is 1. The number of hydrogen-bond donors (Lipinski definition) is 2. The van der Waals surface area contributed by atoms with Crippen LogP contribution in [0.15, 0.2) is 24.3 Å². The average Bonchev–Trinajstić information content (AvgIpc) is 2.38. The highest BCUT2D eigenvalue weighted by Crippen LogP contribution is 2.11. The maximum atomic E-state index is 11.7. The lowest BCUT2D eigenvalue weighted by Gasteiger charge is -2.05. The maximum Gasteiger partial charge on any atom is 0.269 e. The molecule has 18 heavy (non-hydrogen) atoms. The van der Waals surface area contributed by atoms with Gasteiger partial charge in [-0.3, -0.25) is 14.9 Å². The molecule has 0 heterocycles. The Bertz CT molecular complexity index is 404. The van der Waals surface area contributed by atoms with Crippen LogP contribution in [-0.4, -0.2) is 30.5 Å². The van der Waals surface area contributed by atoms with E-state index in [0.29, 0.717) is 12.1 Å². The van der Waals surface area contributed by atoms with Crippen LogP contribution in [0.5, 0.6) is 0 Å². The topological polar surface area (TPSA) is 84.3 Å². The first kappa shape index (κ1) is 14.1. The van der Waals surface area contributed by atoms with E-state index in [-0.39, 0.29) is 11.6 Å². The maximum absolute atomic E-state index is 11.7. The van der Waals surface area contributed by atoms with E-state index >= 15 is 0 Å². The number of amides is 1. The van der Waals surface area contributed by atoms with Gasteiger partial charge >= 0.3 is 0 Å². The number of nitro benzene ring substituents is 1. The van der Waals surface area contributed by atoms with Crippen LogP contribution in [-0.2, 0) is 0 Å². The van der Waals surface area contributed by atoms with Gasteiger partial charge in [0.15, 0.2) is 0 Å². The highest BCUT2D eigenvalue weighted by molar-refractivity contribution is 5.94. The van der Waals surface area contributed by atoms with Crippen LogP contribution >= 0.6 is 0 Å². The second kappa shape index (κ2) is 7.39. The Labute approximate surface area is 106 Å². The van der Waals surface area contributed by atoms with Gasteiger partial charge in [-0.1, -0.05) is 6.92 Å². The normalized spacial score (nSPS) is 10.1. The summed E-state index contributed by atoms with van der Waals surface area (Å²) in [5.41, 5.74) is 0.419. The smallest absolute Gasteiger partial charge is 0.269 e. The third kappa shape index (κ3) is 4.50. The lowest BCUT2D eigenvalue weighted by Crippen LogP contribution is -2.27. The molecule has 0 aliphatic rings. The first-order valence-corrected chi connectivity index (χ1v) is 5.88. The molecule has 1 aromatic rings. The summed E-state index contributed by atoms with van der Waals surface area (Å²) in [6.45, 7) is 4.38. The first-order valence-electron chi connectivity index (χ1n) is 5.88. The molecular weight excluding hydrogens is 234 g/mol. The van der Waals surface area contributed by atoms with E-state index in [2.05, 4.69) is 10.6 Å². The van der Waals surface area contributed by atoms with Gasteiger partial charge in [0.2, 0.25) is 0 Å². The van der Waals surface area contributed by atoms with Gasteiger partial charge in [0.1, 0.15) is 0 Å². The second-order valence-corrected chi connectivity index (χ2v) is 3.77. The van der Waals surface area contributed by atoms with Gasteiger partial charge in [-0.15, -0.1) is 0 Å². The summed E-state index contributed by atoms with van der Waals surface area (Å²) in [6, 6.07) is 5.57. The molecular formula is C12H17N3O3. The molecule has 0 saturated heterocycles. The number of benzene rings is 1. The number of carbonyl (C=O) groups is 1. The van der Waals surface area contributed by atoms with Crippen LogP contribution in [0.2, 0.25) is 0 Å². The van der Waals surface area contributed by atoms with E-state index in [1.54, 1.807) is 0 Å². The molecule has 1 aromatic carbocycles. The Kier molecular flexibility index (Phi) is 5.79. The molecule has 0 radical (unpaired) electrons. The molecule has 0 atom stereocenters. The van der Waals surface area contributed by atoms with Crippen molar-refractivity contribution in [3.63, 3.8) is 0 Å². The molecule has 0 saturated carbocycles. The lowest BCUT2D eigenvalue weighted by molar-refractivity contribution is -0.384. The first-order chi connectivity index (χ1) is 8.65. The van der Waals surface area contributed by atoms with E-state index in [9.17, 15) is 14.9 Å². The number of nitrogens with zero attached hydrogens (tertiary/aromatic N) is 1. The Hall–Kier alpha value is -1.95. The van der Waals surface area contributed by atoms with E-state index < -0.39 is 4.92 Å². The summed E-state index contributed by atoms with van der Waals surface area (Å²) in [4.78, 5) is 21.6. The summed E-state index contributed by atoms with van der Waals surface area (Å²) in [5, 5.41) is 16.4. The molecule has 0 unspecified atom stereocenters. The minimum atomic E-state index is -0.488. The molecule has 0 bridgehead atoms. The fraction of sp³-hybridized carbons (Fsp3) is 0.417. The van der Waals surface area contributed by atoms with Gasteiger partial charge in [0, 0.05) is 24.2 Å². The van der Waals surface area contributed by atoms with Crippen LogP contribution in [0.1, 0.15) is 23.7 Å². The molecule has 0 aliphatic heterocycles. The van der Waals surface area contributed by atoms with Crippen molar-refractivity contribution in [2.75, 3.05) is 19.6 Å². The third-order valence-corrected chi connectivity index (χ3v) is 2.41. The highest BCUT2D eigenvalue weighted by Gasteiger charge is 2.08. The molecule has 6 nitrogen and oxygen atoms in total. The van der Waals surface area contributed by atoms with Gasteiger partial charge in [-0.2, -0.15) is 0 Å². The van der Waals surface area contributed by atoms with Gasteiger partial charge < -0.3 is 10.6 Å². The Morgan fingerprint density at radius 3 is 2.50 bits per heavy atom. The van der Waals surface area contributed by atoms with Gasteiger partial charge in [-0.05, 0) is 31.6 Å². The zero-order valence-corrected chi connectivity index (χ0v) is 10.3. The SMILES string of the molecule is CCNCCCNC(=O)c1ccc([N+](=O)[O-])cc1. The fourth-order valence-corrected chi connectivity index (χ4v) is 1.43.